The van der Waals surface area contributed by atoms with Crippen LogP contribution in [0.4, 0.5) is 0 Å². The molecule has 0 bridgehead atoms. The van der Waals surface area contributed by atoms with Gasteiger partial charge in [-0.05, 0) is 26.0 Å². The number of carbonyl (C=O) groups is 3. The molecule has 0 aromatic heterocycles. The number of ether oxygens (including phenoxy) is 1. The largest absolute Gasteiger partial charge is 0.372 e. The fourth-order valence-corrected chi connectivity index (χ4v) is 3.19. The Morgan fingerprint density at radius 2 is 1.61 bits per heavy atom. The van der Waals surface area contributed by atoms with Crippen LogP contribution in [0.2, 0.25) is 0 Å². The Labute approximate surface area is 135 Å². The monoisotopic (exact) mass is 316 g/mol. The van der Waals surface area contributed by atoms with E-state index in [0.717, 1.165) is 4.90 Å². The highest BCUT2D eigenvalue weighted by atomic mass is 16.5. The average molecular weight is 316 g/mol. The Hall–Kier alpha value is -2.21. The van der Waals surface area contributed by atoms with E-state index in [1.165, 1.54) is 0 Å². The van der Waals surface area contributed by atoms with Crippen LogP contribution in [0, 0.1) is 0 Å². The Balaban J connectivity index is 1.62. The van der Waals surface area contributed by atoms with Gasteiger partial charge in [0.2, 0.25) is 5.91 Å². The molecule has 1 aromatic carbocycles. The normalized spacial score (nSPS) is 24.1. The van der Waals surface area contributed by atoms with Crippen LogP contribution < -0.4 is 0 Å². The molecule has 23 heavy (non-hydrogen) atoms. The van der Waals surface area contributed by atoms with Crippen molar-refractivity contribution >= 4 is 17.7 Å². The van der Waals surface area contributed by atoms with Gasteiger partial charge in [-0.1, -0.05) is 12.1 Å². The van der Waals surface area contributed by atoms with E-state index in [1.54, 1.807) is 29.2 Å². The minimum atomic E-state index is -0.317. The van der Waals surface area contributed by atoms with Gasteiger partial charge < -0.3 is 9.64 Å². The van der Waals surface area contributed by atoms with E-state index in [-0.39, 0.29) is 42.9 Å². The van der Waals surface area contributed by atoms with Gasteiger partial charge in [0.25, 0.3) is 11.8 Å². The van der Waals surface area contributed by atoms with E-state index in [2.05, 4.69) is 0 Å². The molecule has 2 aliphatic rings. The second-order valence-electron chi connectivity index (χ2n) is 6.11. The fraction of sp³-hybridized carbons (Fsp3) is 0.471. The van der Waals surface area contributed by atoms with Gasteiger partial charge >= 0.3 is 0 Å². The minimum absolute atomic E-state index is 0.00186. The number of carbonyl (C=O) groups excluding carboxylic acids is 3. The van der Waals surface area contributed by atoms with Gasteiger partial charge in [0.05, 0.1) is 23.3 Å². The molecular weight excluding hydrogens is 296 g/mol. The molecule has 2 aliphatic heterocycles. The highest BCUT2D eigenvalue weighted by Gasteiger charge is 2.35. The molecule has 6 heteroatoms. The lowest BCUT2D eigenvalue weighted by molar-refractivity contribution is -0.143. The summed E-state index contributed by atoms with van der Waals surface area (Å²) >= 11 is 0. The molecule has 1 aromatic rings. The van der Waals surface area contributed by atoms with E-state index in [4.69, 9.17) is 4.74 Å². The van der Waals surface area contributed by atoms with Crippen molar-refractivity contribution in [3.63, 3.8) is 0 Å². The molecule has 1 fully saturated rings. The summed E-state index contributed by atoms with van der Waals surface area (Å²) in [6, 6.07) is 6.75. The molecule has 122 valence electrons. The maximum atomic E-state index is 12.4. The van der Waals surface area contributed by atoms with Crippen molar-refractivity contribution in [2.75, 3.05) is 19.6 Å². The number of amides is 3. The Bertz CT molecular complexity index is 613. The first kappa shape index (κ1) is 15.7. The van der Waals surface area contributed by atoms with E-state index in [0.29, 0.717) is 24.2 Å². The minimum Gasteiger partial charge on any atom is -0.372 e. The summed E-state index contributed by atoms with van der Waals surface area (Å²) in [7, 11) is 0. The lowest BCUT2D eigenvalue weighted by Crippen LogP contribution is -2.49. The van der Waals surface area contributed by atoms with Crippen molar-refractivity contribution in [3.8, 4) is 0 Å². The highest BCUT2D eigenvalue weighted by Crippen LogP contribution is 2.22. The molecule has 0 saturated carbocycles. The third-order valence-electron chi connectivity index (χ3n) is 4.20. The molecule has 3 amide bonds. The standard InChI is InChI=1S/C17H20N2O4/c1-11-9-18(10-12(2)23-11)15(20)7-8-19-16(21)13-5-3-4-6-14(13)17(19)22/h3-6,11-12H,7-10H2,1-2H3/t11-,12-/m1/s1. The van der Waals surface area contributed by atoms with E-state index in [9.17, 15) is 14.4 Å². The van der Waals surface area contributed by atoms with Gasteiger partial charge in [-0.15, -0.1) is 0 Å². The lowest BCUT2D eigenvalue weighted by Gasteiger charge is -2.35. The summed E-state index contributed by atoms with van der Waals surface area (Å²) in [5.41, 5.74) is 0.831. The van der Waals surface area contributed by atoms with E-state index < -0.39 is 0 Å². The first-order valence-electron chi connectivity index (χ1n) is 7.86. The smallest absolute Gasteiger partial charge is 0.261 e. The summed E-state index contributed by atoms with van der Waals surface area (Å²) in [5, 5.41) is 0. The summed E-state index contributed by atoms with van der Waals surface area (Å²) < 4.78 is 5.61. The van der Waals surface area contributed by atoms with Crippen molar-refractivity contribution < 1.29 is 19.1 Å². The van der Waals surface area contributed by atoms with Crippen molar-refractivity contribution in [3.05, 3.63) is 35.4 Å². The number of hydrogen-bond donors (Lipinski definition) is 0. The van der Waals surface area contributed by atoms with Crippen LogP contribution in [-0.4, -0.2) is 59.4 Å². The van der Waals surface area contributed by atoms with Gasteiger partial charge in [-0.3, -0.25) is 19.3 Å². The summed E-state index contributed by atoms with van der Waals surface area (Å²) in [5.74, 6) is -0.687. The van der Waals surface area contributed by atoms with Gasteiger partial charge in [-0.2, -0.15) is 0 Å². The first-order valence-corrected chi connectivity index (χ1v) is 7.86. The van der Waals surface area contributed by atoms with Gasteiger partial charge in [0.1, 0.15) is 0 Å². The topological polar surface area (TPSA) is 66.9 Å². The zero-order chi connectivity index (χ0) is 16.6. The summed E-state index contributed by atoms with van der Waals surface area (Å²) in [6.07, 6.45) is 0.147. The Kier molecular flexibility index (Phi) is 4.17. The predicted molar refractivity (Wildman–Crippen MR) is 83.0 cm³/mol. The quantitative estimate of drug-likeness (QED) is 0.789. The third-order valence-corrected chi connectivity index (χ3v) is 4.20. The second-order valence-corrected chi connectivity index (χ2v) is 6.11. The second kappa shape index (κ2) is 6.12. The van der Waals surface area contributed by atoms with Crippen molar-refractivity contribution in [1.29, 1.82) is 0 Å². The van der Waals surface area contributed by atoms with Gasteiger partial charge in [-0.25, -0.2) is 0 Å². The molecule has 2 heterocycles. The zero-order valence-corrected chi connectivity index (χ0v) is 13.3. The van der Waals surface area contributed by atoms with E-state index >= 15 is 0 Å². The molecule has 0 spiro atoms. The van der Waals surface area contributed by atoms with Crippen molar-refractivity contribution in [2.45, 2.75) is 32.5 Å². The highest BCUT2D eigenvalue weighted by molar-refractivity contribution is 6.21. The average Bonchev–Trinajstić information content (AvgIpc) is 2.76. The molecule has 0 radical (unpaired) electrons. The maximum Gasteiger partial charge on any atom is 0.261 e. The maximum absolute atomic E-state index is 12.4. The number of imide groups is 1. The SMILES string of the molecule is C[C@@H]1CN(C(=O)CCN2C(=O)c3ccccc3C2=O)C[C@@H](C)O1. The molecule has 1 saturated heterocycles. The van der Waals surface area contributed by atoms with Gasteiger partial charge in [0, 0.05) is 26.1 Å². The van der Waals surface area contributed by atoms with Crippen LogP contribution in [0.25, 0.3) is 0 Å². The molecule has 0 unspecified atom stereocenters. The first-order chi connectivity index (χ1) is 11.0. The Morgan fingerprint density at radius 3 is 2.13 bits per heavy atom. The molecular formula is C17H20N2O4. The van der Waals surface area contributed by atoms with Gasteiger partial charge in [0.15, 0.2) is 0 Å². The number of morpholine rings is 1. The van der Waals surface area contributed by atoms with Crippen LogP contribution in [0.15, 0.2) is 24.3 Å². The molecule has 3 rings (SSSR count). The van der Waals surface area contributed by atoms with Crippen LogP contribution in [0.3, 0.4) is 0 Å². The van der Waals surface area contributed by atoms with Crippen LogP contribution in [-0.2, 0) is 9.53 Å². The zero-order valence-electron chi connectivity index (χ0n) is 13.3. The van der Waals surface area contributed by atoms with Crippen LogP contribution in [0.1, 0.15) is 41.0 Å². The van der Waals surface area contributed by atoms with Crippen molar-refractivity contribution in [1.82, 2.24) is 9.80 Å². The number of nitrogens with zero attached hydrogens (tertiary/aromatic N) is 2. The van der Waals surface area contributed by atoms with Crippen LogP contribution >= 0.6 is 0 Å². The number of benzene rings is 1. The third kappa shape index (κ3) is 2.99. The molecule has 0 aliphatic carbocycles. The Morgan fingerprint density at radius 1 is 1.09 bits per heavy atom. The van der Waals surface area contributed by atoms with E-state index in [1.807, 2.05) is 13.8 Å². The number of rotatable bonds is 3. The fourth-order valence-electron chi connectivity index (χ4n) is 3.19. The number of fused-ring (bicyclic) bond motifs is 1. The van der Waals surface area contributed by atoms with Crippen LogP contribution in [0.5, 0.6) is 0 Å². The summed E-state index contributed by atoms with van der Waals surface area (Å²) in [4.78, 5) is 39.8. The molecule has 2 atom stereocenters. The predicted octanol–water partition coefficient (Wildman–Crippen LogP) is 1.31. The molecule has 6 nitrogen and oxygen atoms in total. The molecule has 0 N–H and O–H groups in total. The summed E-state index contributed by atoms with van der Waals surface area (Å²) in [6.45, 7) is 5.07. The number of hydrogen-bond acceptors (Lipinski definition) is 4. The van der Waals surface area contributed by atoms with Crippen molar-refractivity contribution in [2.24, 2.45) is 0 Å². The lowest BCUT2D eigenvalue weighted by atomic mass is 10.1.